The van der Waals surface area contributed by atoms with E-state index in [-0.39, 0.29) is 11.6 Å². The van der Waals surface area contributed by atoms with E-state index in [4.69, 9.17) is 4.74 Å². The number of nitrogens with one attached hydrogen (secondary N) is 2. The summed E-state index contributed by atoms with van der Waals surface area (Å²) in [6.07, 6.45) is 2.93. The Morgan fingerprint density at radius 1 is 1.29 bits per heavy atom. The molecule has 0 fully saturated rings. The van der Waals surface area contributed by atoms with Gasteiger partial charge in [0.25, 0.3) is 5.91 Å². The fourth-order valence-electron chi connectivity index (χ4n) is 1.61. The molecule has 0 aliphatic heterocycles. The highest BCUT2D eigenvalue weighted by Crippen LogP contribution is 2.12. The van der Waals surface area contributed by atoms with Gasteiger partial charge in [-0.05, 0) is 13.8 Å². The molecule has 2 aromatic heterocycles. The molecule has 1 amide bonds. The molecule has 0 aliphatic rings. The van der Waals surface area contributed by atoms with Crippen molar-refractivity contribution in [3.05, 3.63) is 29.8 Å². The largest absolute Gasteiger partial charge is 0.481 e. The van der Waals surface area contributed by atoms with Crippen LogP contribution in [0.25, 0.3) is 0 Å². The molecule has 2 N–H and O–H groups in total. The van der Waals surface area contributed by atoms with E-state index in [0.29, 0.717) is 23.9 Å². The van der Waals surface area contributed by atoms with E-state index in [1.165, 1.54) is 13.3 Å². The molecule has 21 heavy (non-hydrogen) atoms. The van der Waals surface area contributed by atoms with Gasteiger partial charge in [-0.15, -0.1) is 0 Å². The topological polar surface area (TPSA) is 102 Å². The van der Waals surface area contributed by atoms with Gasteiger partial charge in [0.15, 0.2) is 0 Å². The minimum atomic E-state index is -0.435. The minimum Gasteiger partial charge on any atom is -0.481 e. The number of anilines is 2. The van der Waals surface area contributed by atoms with Gasteiger partial charge in [0.2, 0.25) is 11.8 Å². The average molecular weight is 288 g/mol. The van der Waals surface area contributed by atoms with E-state index in [9.17, 15) is 4.79 Å². The lowest BCUT2D eigenvalue weighted by molar-refractivity contribution is 0.102. The van der Waals surface area contributed by atoms with Crippen LogP contribution in [0.15, 0.2) is 18.5 Å². The molecule has 2 heterocycles. The van der Waals surface area contributed by atoms with Gasteiger partial charge in [0, 0.05) is 18.3 Å². The van der Waals surface area contributed by atoms with E-state index < -0.39 is 5.91 Å². The number of carbonyl (C=O) groups excluding carboxylic acids is 1. The number of amides is 1. The lowest BCUT2D eigenvalue weighted by atomic mass is 10.4. The average Bonchev–Trinajstić information content (AvgIpc) is 2.47. The van der Waals surface area contributed by atoms with Crippen molar-refractivity contribution < 1.29 is 9.53 Å². The van der Waals surface area contributed by atoms with Crippen LogP contribution in [0.2, 0.25) is 0 Å². The van der Waals surface area contributed by atoms with Gasteiger partial charge in [-0.1, -0.05) is 0 Å². The van der Waals surface area contributed by atoms with Crippen LogP contribution < -0.4 is 15.4 Å². The molecule has 110 valence electrons. The normalized spacial score (nSPS) is 10.0. The summed E-state index contributed by atoms with van der Waals surface area (Å²) in [6, 6.07) is 1.67. The number of aromatic nitrogens is 4. The van der Waals surface area contributed by atoms with Crippen LogP contribution in [0.3, 0.4) is 0 Å². The lowest BCUT2D eigenvalue weighted by Gasteiger charge is -2.07. The van der Waals surface area contributed by atoms with Crippen molar-refractivity contribution in [2.45, 2.75) is 13.8 Å². The molecule has 0 atom stereocenters. The van der Waals surface area contributed by atoms with Gasteiger partial charge in [0.1, 0.15) is 11.5 Å². The molecule has 8 heteroatoms. The lowest BCUT2D eigenvalue weighted by Crippen LogP contribution is -2.17. The fraction of sp³-hybridized carbons (Fsp3) is 0.308. The van der Waals surface area contributed by atoms with Crippen molar-refractivity contribution in [3.63, 3.8) is 0 Å². The molecule has 0 bridgehead atoms. The van der Waals surface area contributed by atoms with Crippen LogP contribution >= 0.6 is 0 Å². The third-order valence-electron chi connectivity index (χ3n) is 2.49. The molecule has 0 aliphatic carbocycles. The highest BCUT2D eigenvalue weighted by atomic mass is 16.5. The summed E-state index contributed by atoms with van der Waals surface area (Å²) in [5.41, 5.74) is 0.863. The van der Waals surface area contributed by atoms with Crippen molar-refractivity contribution in [1.29, 1.82) is 0 Å². The third kappa shape index (κ3) is 3.85. The van der Waals surface area contributed by atoms with Crippen LogP contribution in [0.1, 0.15) is 23.1 Å². The zero-order valence-electron chi connectivity index (χ0n) is 12.0. The standard InChI is InChI=1S/C13H16N6O2/c1-4-15-10-7-14-6-9(17-10)12(20)19-13-16-8(2)5-11(18-13)21-3/h5-7H,4H2,1-3H3,(H,15,17)(H,16,18,19,20). The second kappa shape index (κ2) is 6.60. The van der Waals surface area contributed by atoms with Crippen LogP contribution in [-0.2, 0) is 0 Å². The zero-order chi connectivity index (χ0) is 15.2. The molecule has 0 unspecified atom stereocenters. The summed E-state index contributed by atoms with van der Waals surface area (Å²) in [7, 11) is 1.50. The van der Waals surface area contributed by atoms with Gasteiger partial charge >= 0.3 is 0 Å². The highest BCUT2D eigenvalue weighted by Gasteiger charge is 2.12. The van der Waals surface area contributed by atoms with E-state index in [0.717, 1.165) is 0 Å². The van der Waals surface area contributed by atoms with E-state index >= 15 is 0 Å². The number of carbonyl (C=O) groups is 1. The Balaban J connectivity index is 2.17. The zero-order valence-corrected chi connectivity index (χ0v) is 12.0. The molecule has 0 spiro atoms. The Hall–Kier alpha value is -2.77. The summed E-state index contributed by atoms with van der Waals surface area (Å²) >= 11 is 0. The quantitative estimate of drug-likeness (QED) is 0.854. The van der Waals surface area contributed by atoms with Crippen LogP contribution in [-0.4, -0.2) is 39.5 Å². The molecule has 8 nitrogen and oxygen atoms in total. The predicted octanol–water partition coefficient (Wildman–Crippen LogP) is 1.27. The Bertz CT molecular complexity index is 646. The molecule has 0 saturated carbocycles. The number of ether oxygens (including phenoxy) is 1. The van der Waals surface area contributed by atoms with Gasteiger partial charge in [0.05, 0.1) is 19.5 Å². The number of nitrogens with zero attached hydrogens (tertiary/aromatic N) is 4. The Morgan fingerprint density at radius 3 is 2.81 bits per heavy atom. The number of methoxy groups -OCH3 is 1. The second-order valence-corrected chi connectivity index (χ2v) is 4.15. The Kier molecular flexibility index (Phi) is 4.60. The van der Waals surface area contributed by atoms with E-state index in [1.807, 2.05) is 6.92 Å². The van der Waals surface area contributed by atoms with E-state index in [1.54, 1.807) is 19.2 Å². The van der Waals surface area contributed by atoms with Crippen molar-refractivity contribution in [2.24, 2.45) is 0 Å². The summed E-state index contributed by atoms with van der Waals surface area (Å²) < 4.78 is 5.03. The monoisotopic (exact) mass is 288 g/mol. The highest BCUT2D eigenvalue weighted by molar-refractivity contribution is 6.01. The number of rotatable bonds is 5. The smallest absolute Gasteiger partial charge is 0.278 e. The molecule has 0 radical (unpaired) electrons. The molecule has 0 saturated heterocycles. The van der Waals surface area contributed by atoms with E-state index in [2.05, 4.69) is 30.6 Å². The maximum Gasteiger partial charge on any atom is 0.278 e. The predicted molar refractivity (Wildman–Crippen MR) is 77.5 cm³/mol. The van der Waals surface area contributed by atoms with Crippen molar-refractivity contribution in [2.75, 3.05) is 24.3 Å². The maximum atomic E-state index is 12.1. The molecule has 2 aromatic rings. The minimum absolute atomic E-state index is 0.160. The number of hydrogen-bond acceptors (Lipinski definition) is 7. The van der Waals surface area contributed by atoms with Crippen LogP contribution in [0.4, 0.5) is 11.8 Å². The molecule has 0 aromatic carbocycles. The summed E-state index contributed by atoms with van der Waals surface area (Å²) in [5, 5.41) is 5.56. The summed E-state index contributed by atoms with van der Waals surface area (Å²) in [4.78, 5) is 28.4. The van der Waals surface area contributed by atoms with Crippen LogP contribution in [0.5, 0.6) is 5.88 Å². The third-order valence-corrected chi connectivity index (χ3v) is 2.49. The molecular weight excluding hydrogens is 272 g/mol. The maximum absolute atomic E-state index is 12.1. The van der Waals surface area contributed by atoms with Crippen molar-refractivity contribution in [1.82, 2.24) is 19.9 Å². The summed E-state index contributed by atoms with van der Waals surface area (Å²) in [5.74, 6) is 0.639. The van der Waals surface area contributed by atoms with Gasteiger partial charge < -0.3 is 10.1 Å². The Labute approximate surface area is 122 Å². The van der Waals surface area contributed by atoms with Gasteiger partial charge in [-0.3, -0.25) is 15.1 Å². The fourth-order valence-corrected chi connectivity index (χ4v) is 1.61. The van der Waals surface area contributed by atoms with Gasteiger partial charge in [-0.25, -0.2) is 9.97 Å². The summed E-state index contributed by atoms with van der Waals surface area (Å²) in [6.45, 7) is 4.41. The molecule has 2 rings (SSSR count). The number of aryl methyl sites for hydroxylation is 1. The first kappa shape index (κ1) is 14.6. The second-order valence-electron chi connectivity index (χ2n) is 4.15. The molecular formula is C13H16N6O2. The first-order valence-electron chi connectivity index (χ1n) is 6.39. The SMILES string of the molecule is CCNc1cncc(C(=O)Nc2nc(C)cc(OC)n2)n1. The van der Waals surface area contributed by atoms with Crippen molar-refractivity contribution in [3.8, 4) is 5.88 Å². The van der Waals surface area contributed by atoms with Gasteiger partial charge in [-0.2, -0.15) is 4.98 Å². The first-order chi connectivity index (χ1) is 10.1. The number of hydrogen-bond donors (Lipinski definition) is 2. The first-order valence-corrected chi connectivity index (χ1v) is 6.39. The Morgan fingerprint density at radius 2 is 2.10 bits per heavy atom. The van der Waals surface area contributed by atoms with Crippen molar-refractivity contribution >= 4 is 17.7 Å². The van der Waals surface area contributed by atoms with Crippen LogP contribution in [0, 0.1) is 6.92 Å².